The van der Waals surface area contributed by atoms with Crippen LogP contribution in [0.25, 0.3) is 5.69 Å². The number of ether oxygens (including phenoxy) is 1. The molecular weight excluding hydrogens is 384 g/mol. The number of para-hydroxylation sites is 1. The molecule has 0 fully saturated rings. The van der Waals surface area contributed by atoms with Crippen LogP contribution in [0.2, 0.25) is 0 Å². The molecule has 3 aromatic rings. The van der Waals surface area contributed by atoms with Crippen LogP contribution in [0, 0.1) is 0 Å². The molecule has 2 aromatic heterocycles. The third kappa shape index (κ3) is 3.63. The summed E-state index contributed by atoms with van der Waals surface area (Å²) in [5, 5.41) is 5.34. The average Bonchev–Trinajstić information content (AvgIpc) is 3.12. The van der Waals surface area contributed by atoms with Gasteiger partial charge in [-0.05, 0) is 36.4 Å². The Morgan fingerprint density at radius 2 is 1.79 bits per heavy atom. The quantitative estimate of drug-likeness (QED) is 0.647. The number of benzene rings is 1. The number of hydrogen-bond donors (Lipinski definition) is 1. The van der Waals surface area contributed by atoms with Crippen LogP contribution in [0.5, 0.6) is 0 Å². The third-order valence-electron chi connectivity index (χ3n) is 3.82. The summed E-state index contributed by atoms with van der Waals surface area (Å²) in [6.45, 7) is 0. The number of anilines is 1. The number of methoxy groups -OCH3 is 1. The number of amides is 1. The lowest BCUT2D eigenvalue weighted by Gasteiger charge is -2.22. The molecule has 1 amide bonds. The largest absolute Gasteiger partial charge is 0.464 e. The molecular formula is C18H16N4O5S. The number of carbonyl (C=O) groups is 2. The van der Waals surface area contributed by atoms with Gasteiger partial charge in [0.05, 0.1) is 12.7 Å². The highest BCUT2D eigenvalue weighted by Gasteiger charge is 2.32. The van der Waals surface area contributed by atoms with Gasteiger partial charge in [-0.15, -0.1) is 0 Å². The molecule has 0 bridgehead atoms. The van der Waals surface area contributed by atoms with Crippen LogP contribution in [0.1, 0.15) is 20.8 Å². The zero-order valence-corrected chi connectivity index (χ0v) is 15.5. The fraction of sp³-hybridized carbons (Fsp3) is 0.0556. The predicted molar refractivity (Wildman–Crippen MR) is 101 cm³/mol. The lowest BCUT2D eigenvalue weighted by atomic mass is 10.2. The minimum atomic E-state index is -4.53. The molecule has 2 heterocycles. The van der Waals surface area contributed by atoms with E-state index in [0.29, 0.717) is 9.99 Å². The number of nitrogens with two attached hydrogens (primary N) is 1. The summed E-state index contributed by atoms with van der Waals surface area (Å²) in [4.78, 5) is 28.9. The molecule has 1 aromatic carbocycles. The number of esters is 1. The molecule has 0 saturated carbocycles. The Hall–Kier alpha value is -3.50. The van der Waals surface area contributed by atoms with E-state index in [0.717, 1.165) is 0 Å². The zero-order chi connectivity index (χ0) is 20.3. The van der Waals surface area contributed by atoms with Crippen molar-refractivity contribution in [3.8, 4) is 5.69 Å². The second kappa shape index (κ2) is 7.62. The van der Waals surface area contributed by atoms with Gasteiger partial charge in [0.15, 0.2) is 0 Å². The highest BCUT2D eigenvalue weighted by Crippen LogP contribution is 2.28. The number of nitrogens with zero attached hydrogens (tertiary/aromatic N) is 3. The van der Waals surface area contributed by atoms with Gasteiger partial charge in [-0.25, -0.2) is 9.93 Å². The van der Waals surface area contributed by atoms with Gasteiger partial charge in [-0.1, -0.05) is 18.2 Å². The fourth-order valence-corrected chi connectivity index (χ4v) is 3.39. The monoisotopic (exact) mass is 400 g/mol. The van der Waals surface area contributed by atoms with Crippen molar-refractivity contribution in [2.45, 2.75) is 0 Å². The first-order valence-electron chi connectivity index (χ1n) is 7.97. The van der Waals surface area contributed by atoms with Crippen LogP contribution in [-0.2, 0) is 14.9 Å². The van der Waals surface area contributed by atoms with Gasteiger partial charge >= 0.3 is 16.2 Å². The number of aromatic nitrogens is 2. The van der Waals surface area contributed by atoms with Crippen LogP contribution in [0.15, 0.2) is 67.0 Å². The van der Waals surface area contributed by atoms with Crippen molar-refractivity contribution in [1.82, 2.24) is 9.55 Å². The molecule has 10 heteroatoms. The van der Waals surface area contributed by atoms with E-state index in [1.807, 2.05) is 0 Å². The van der Waals surface area contributed by atoms with Crippen LogP contribution in [-0.4, -0.2) is 37.0 Å². The van der Waals surface area contributed by atoms with E-state index in [9.17, 15) is 18.0 Å². The molecule has 144 valence electrons. The smallest absolute Gasteiger partial charge is 0.355 e. The molecule has 28 heavy (non-hydrogen) atoms. The summed E-state index contributed by atoms with van der Waals surface area (Å²) >= 11 is 0. The van der Waals surface area contributed by atoms with Crippen molar-refractivity contribution in [3.05, 3.63) is 78.2 Å². The molecule has 0 atom stereocenters. The van der Waals surface area contributed by atoms with Crippen LogP contribution in [0.3, 0.4) is 0 Å². The Kier molecular flexibility index (Phi) is 5.25. The summed E-state index contributed by atoms with van der Waals surface area (Å²) in [5.74, 6) is -1.76. The van der Waals surface area contributed by atoms with E-state index in [2.05, 4.69) is 4.98 Å². The molecule has 3 rings (SSSR count). The maximum Gasteiger partial charge on any atom is 0.355 e. The van der Waals surface area contributed by atoms with Crippen LogP contribution >= 0.6 is 0 Å². The molecule has 0 aliphatic carbocycles. The van der Waals surface area contributed by atoms with Crippen molar-refractivity contribution in [2.75, 3.05) is 11.4 Å². The summed E-state index contributed by atoms with van der Waals surface area (Å²) in [7, 11) is -3.33. The number of hydrogen-bond acceptors (Lipinski definition) is 6. The van der Waals surface area contributed by atoms with Crippen molar-refractivity contribution >= 4 is 27.9 Å². The second-order valence-corrected chi connectivity index (χ2v) is 6.99. The summed E-state index contributed by atoms with van der Waals surface area (Å²) in [5.41, 5.74) is 0.476. The lowest BCUT2D eigenvalue weighted by Crippen LogP contribution is -2.42. The van der Waals surface area contributed by atoms with Gasteiger partial charge in [0.25, 0.3) is 5.91 Å². The van der Waals surface area contributed by atoms with Gasteiger partial charge in [-0.2, -0.15) is 12.7 Å². The summed E-state index contributed by atoms with van der Waals surface area (Å²) in [6, 6.07) is 14.0. The summed E-state index contributed by atoms with van der Waals surface area (Å²) < 4.78 is 31.1. The van der Waals surface area contributed by atoms with Gasteiger partial charge in [0.1, 0.15) is 11.5 Å². The molecule has 0 radical (unpaired) electrons. The number of rotatable bonds is 5. The van der Waals surface area contributed by atoms with Gasteiger partial charge in [-0.3, -0.25) is 14.3 Å². The van der Waals surface area contributed by atoms with Crippen molar-refractivity contribution in [1.29, 1.82) is 0 Å². The van der Waals surface area contributed by atoms with E-state index in [-0.39, 0.29) is 17.1 Å². The Bertz CT molecular complexity index is 1110. The SMILES string of the molecule is COC(=O)c1ccc(N(C(=O)c2cccnc2)S(N)(=O)=O)n1-c1ccccc1. The molecule has 0 aliphatic rings. The topological polar surface area (TPSA) is 125 Å². The van der Waals surface area contributed by atoms with E-state index in [1.165, 1.54) is 48.3 Å². The number of carbonyl (C=O) groups excluding carboxylic acids is 2. The molecule has 9 nitrogen and oxygen atoms in total. The Labute approximate surface area is 161 Å². The highest BCUT2D eigenvalue weighted by atomic mass is 32.2. The third-order valence-corrected chi connectivity index (χ3v) is 4.69. The van der Waals surface area contributed by atoms with Gasteiger partial charge in [0, 0.05) is 18.1 Å². The van der Waals surface area contributed by atoms with Crippen molar-refractivity contribution in [3.63, 3.8) is 0 Å². The van der Waals surface area contributed by atoms with E-state index in [4.69, 9.17) is 9.88 Å². The Balaban J connectivity index is 2.26. The van der Waals surface area contributed by atoms with Crippen molar-refractivity contribution in [2.24, 2.45) is 5.14 Å². The molecule has 0 unspecified atom stereocenters. The van der Waals surface area contributed by atoms with E-state index in [1.54, 1.807) is 30.3 Å². The molecule has 2 N–H and O–H groups in total. The van der Waals surface area contributed by atoms with Crippen LogP contribution in [0.4, 0.5) is 5.82 Å². The minimum absolute atomic E-state index is 0.0111. The van der Waals surface area contributed by atoms with Crippen LogP contribution < -0.4 is 9.44 Å². The first kappa shape index (κ1) is 19.3. The minimum Gasteiger partial charge on any atom is -0.464 e. The van der Waals surface area contributed by atoms with Gasteiger partial charge < -0.3 is 4.74 Å². The van der Waals surface area contributed by atoms with Gasteiger partial charge in [0.2, 0.25) is 0 Å². The highest BCUT2D eigenvalue weighted by molar-refractivity contribution is 7.91. The Morgan fingerprint density at radius 1 is 1.07 bits per heavy atom. The second-order valence-electron chi connectivity index (χ2n) is 5.60. The Morgan fingerprint density at radius 3 is 2.36 bits per heavy atom. The molecule has 0 spiro atoms. The average molecular weight is 400 g/mol. The number of pyridine rings is 1. The normalized spacial score (nSPS) is 11.1. The first-order chi connectivity index (χ1) is 13.3. The van der Waals surface area contributed by atoms with E-state index >= 15 is 0 Å². The fourth-order valence-electron chi connectivity index (χ4n) is 2.65. The predicted octanol–water partition coefficient (Wildman–Crippen LogP) is 1.51. The molecule has 0 saturated heterocycles. The lowest BCUT2D eigenvalue weighted by molar-refractivity contribution is 0.0591. The zero-order valence-electron chi connectivity index (χ0n) is 14.7. The first-order valence-corrected chi connectivity index (χ1v) is 9.48. The summed E-state index contributed by atoms with van der Waals surface area (Å²) in [6.07, 6.45) is 2.66. The van der Waals surface area contributed by atoms with E-state index < -0.39 is 22.1 Å². The maximum atomic E-state index is 12.9. The van der Waals surface area contributed by atoms with Crippen molar-refractivity contribution < 1.29 is 22.7 Å². The maximum absolute atomic E-state index is 12.9. The standard InChI is InChI=1S/C18H16N4O5S/c1-27-18(24)15-9-10-16(21(15)14-7-3-2-4-8-14)22(28(19,25)26)17(23)13-6-5-11-20-12-13/h2-12H,1H3,(H2,19,25,26). The molecule has 0 aliphatic heterocycles.